The van der Waals surface area contributed by atoms with Crippen molar-refractivity contribution in [3.63, 3.8) is 0 Å². The number of carbonyl (C=O) groups excluding carboxylic acids is 1. The van der Waals surface area contributed by atoms with Crippen LogP contribution >= 0.6 is 0 Å². The number of anilines is 2. The molecule has 1 aromatic rings. The molecule has 0 aliphatic rings. The van der Waals surface area contributed by atoms with Crippen LogP contribution in [0.1, 0.15) is 103 Å². The maximum atomic E-state index is 12.5. The maximum absolute atomic E-state index is 12.5. The van der Waals surface area contributed by atoms with Gasteiger partial charge in [0.25, 0.3) is 0 Å². The zero-order valence-electron chi connectivity index (χ0n) is 21.1. The Morgan fingerprint density at radius 3 is 1.90 bits per heavy atom. The van der Waals surface area contributed by atoms with Gasteiger partial charge in [0, 0.05) is 17.9 Å². The van der Waals surface area contributed by atoms with Crippen LogP contribution in [-0.4, -0.2) is 37.0 Å². The van der Waals surface area contributed by atoms with Crippen molar-refractivity contribution in [3.05, 3.63) is 23.3 Å². The van der Waals surface area contributed by atoms with E-state index in [2.05, 4.69) is 62.3 Å². The molecule has 4 heteroatoms. The van der Waals surface area contributed by atoms with E-state index in [-0.39, 0.29) is 5.91 Å². The summed E-state index contributed by atoms with van der Waals surface area (Å²) in [5, 5.41) is 6.73. The summed E-state index contributed by atoms with van der Waals surface area (Å²) >= 11 is 0. The highest BCUT2D eigenvalue weighted by Gasteiger charge is 2.12. The highest BCUT2D eigenvalue weighted by molar-refractivity contribution is 5.94. The van der Waals surface area contributed by atoms with Crippen LogP contribution in [0, 0.1) is 13.8 Å². The molecule has 0 heterocycles. The standard InChI is InChI=1S/C27H49N3O/c1-6-9-10-11-12-13-14-15-16-17-18-21-28-25-20-19-23(4)27(24(25)5)29-26(31)22-30(7-2)8-3/h19-20,28H,6-18,21-22H2,1-5H3,(H,29,31). The first kappa shape index (κ1) is 27.5. The van der Waals surface area contributed by atoms with E-state index in [9.17, 15) is 4.79 Å². The van der Waals surface area contributed by atoms with Gasteiger partial charge in [0.2, 0.25) is 5.91 Å². The minimum absolute atomic E-state index is 0.0670. The normalized spacial score (nSPS) is 11.2. The first-order chi connectivity index (χ1) is 15.0. The minimum atomic E-state index is 0.0670. The topological polar surface area (TPSA) is 44.4 Å². The van der Waals surface area contributed by atoms with Crippen LogP contribution in [0.2, 0.25) is 0 Å². The number of unbranched alkanes of at least 4 members (excludes halogenated alkanes) is 10. The first-order valence-electron chi connectivity index (χ1n) is 12.9. The van der Waals surface area contributed by atoms with Gasteiger partial charge in [0.15, 0.2) is 0 Å². The van der Waals surface area contributed by atoms with Crippen molar-refractivity contribution in [1.82, 2.24) is 4.90 Å². The molecule has 0 saturated carbocycles. The molecule has 2 N–H and O–H groups in total. The van der Waals surface area contributed by atoms with E-state index in [1.165, 1.54) is 70.6 Å². The van der Waals surface area contributed by atoms with Crippen LogP contribution in [0.3, 0.4) is 0 Å². The van der Waals surface area contributed by atoms with E-state index < -0.39 is 0 Å². The Hall–Kier alpha value is -1.55. The smallest absolute Gasteiger partial charge is 0.238 e. The number of rotatable bonds is 18. The van der Waals surface area contributed by atoms with Gasteiger partial charge in [-0.2, -0.15) is 0 Å². The minimum Gasteiger partial charge on any atom is -0.385 e. The van der Waals surface area contributed by atoms with Crippen molar-refractivity contribution in [1.29, 1.82) is 0 Å². The number of hydrogen-bond donors (Lipinski definition) is 2. The van der Waals surface area contributed by atoms with Crippen LogP contribution in [0.5, 0.6) is 0 Å². The molecule has 1 amide bonds. The summed E-state index contributed by atoms with van der Waals surface area (Å²) in [6, 6.07) is 4.24. The van der Waals surface area contributed by atoms with Gasteiger partial charge >= 0.3 is 0 Å². The fraction of sp³-hybridized carbons (Fsp3) is 0.741. The molecule has 178 valence electrons. The fourth-order valence-electron chi connectivity index (χ4n) is 4.07. The Labute approximate surface area is 192 Å². The van der Waals surface area contributed by atoms with Crippen LogP contribution in [0.4, 0.5) is 11.4 Å². The summed E-state index contributed by atoms with van der Waals surface area (Å²) in [5.41, 5.74) is 4.35. The summed E-state index contributed by atoms with van der Waals surface area (Å²) in [6.45, 7) is 13.8. The highest BCUT2D eigenvalue weighted by Crippen LogP contribution is 2.27. The molecule has 1 rings (SSSR count). The lowest BCUT2D eigenvalue weighted by Gasteiger charge is -2.20. The number of nitrogens with one attached hydrogen (secondary N) is 2. The van der Waals surface area contributed by atoms with E-state index in [1.807, 2.05) is 0 Å². The van der Waals surface area contributed by atoms with Gasteiger partial charge in [-0.25, -0.2) is 0 Å². The third-order valence-corrected chi connectivity index (χ3v) is 6.30. The van der Waals surface area contributed by atoms with Gasteiger partial charge in [-0.15, -0.1) is 0 Å². The van der Waals surface area contributed by atoms with Crippen molar-refractivity contribution >= 4 is 17.3 Å². The predicted molar refractivity (Wildman–Crippen MR) is 137 cm³/mol. The van der Waals surface area contributed by atoms with Gasteiger partial charge in [-0.1, -0.05) is 91.0 Å². The van der Waals surface area contributed by atoms with Crippen LogP contribution in [0.15, 0.2) is 12.1 Å². The van der Waals surface area contributed by atoms with Crippen LogP contribution < -0.4 is 10.6 Å². The Balaban J connectivity index is 2.30. The first-order valence-corrected chi connectivity index (χ1v) is 12.9. The van der Waals surface area contributed by atoms with Gasteiger partial charge < -0.3 is 10.6 Å². The van der Waals surface area contributed by atoms with Crippen LogP contribution in [-0.2, 0) is 4.79 Å². The second kappa shape index (κ2) is 17.1. The lowest BCUT2D eigenvalue weighted by molar-refractivity contribution is -0.117. The number of nitrogens with zero attached hydrogens (tertiary/aromatic N) is 1. The Bertz CT molecular complexity index is 611. The maximum Gasteiger partial charge on any atom is 0.238 e. The SMILES string of the molecule is CCCCCCCCCCCCCNc1ccc(C)c(NC(=O)CN(CC)CC)c1C. The van der Waals surface area contributed by atoms with Crippen molar-refractivity contribution in [2.75, 3.05) is 36.8 Å². The van der Waals surface area contributed by atoms with E-state index in [0.29, 0.717) is 6.54 Å². The average molecular weight is 432 g/mol. The Morgan fingerprint density at radius 1 is 0.806 bits per heavy atom. The molecule has 0 aliphatic heterocycles. The molecule has 31 heavy (non-hydrogen) atoms. The van der Waals surface area contributed by atoms with Crippen LogP contribution in [0.25, 0.3) is 0 Å². The molecular weight excluding hydrogens is 382 g/mol. The molecule has 0 aromatic heterocycles. The summed E-state index contributed by atoms with van der Waals surface area (Å²) in [7, 11) is 0. The summed E-state index contributed by atoms with van der Waals surface area (Å²) in [4.78, 5) is 14.6. The molecule has 0 fully saturated rings. The van der Waals surface area contributed by atoms with Crippen molar-refractivity contribution in [2.45, 2.75) is 105 Å². The van der Waals surface area contributed by atoms with E-state index in [4.69, 9.17) is 0 Å². The lowest BCUT2D eigenvalue weighted by Crippen LogP contribution is -2.33. The fourth-order valence-corrected chi connectivity index (χ4v) is 4.07. The Kier molecular flexibility index (Phi) is 15.1. The van der Waals surface area contributed by atoms with Gasteiger partial charge in [0.1, 0.15) is 0 Å². The molecule has 0 unspecified atom stereocenters. The van der Waals surface area contributed by atoms with E-state index >= 15 is 0 Å². The number of likely N-dealkylation sites (N-methyl/N-ethyl adjacent to an activating group) is 1. The molecule has 0 atom stereocenters. The van der Waals surface area contributed by atoms with Crippen molar-refractivity contribution < 1.29 is 4.79 Å². The molecule has 0 spiro atoms. The quantitative estimate of drug-likeness (QED) is 0.240. The number of aryl methyl sites for hydroxylation is 1. The summed E-state index contributed by atoms with van der Waals surface area (Å²) < 4.78 is 0. The molecule has 0 radical (unpaired) electrons. The van der Waals surface area contributed by atoms with Gasteiger partial charge in [-0.05, 0) is 50.6 Å². The number of amides is 1. The highest BCUT2D eigenvalue weighted by atomic mass is 16.2. The second-order valence-electron chi connectivity index (χ2n) is 8.90. The number of benzene rings is 1. The second-order valence-corrected chi connectivity index (χ2v) is 8.90. The van der Waals surface area contributed by atoms with Gasteiger partial charge in [-0.3, -0.25) is 9.69 Å². The van der Waals surface area contributed by atoms with Crippen molar-refractivity contribution in [2.24, 2.45) is 0 Å². The zero-order chi connectivity index (χ0) is 22.9. The average Bonchev–Trinajstić information content (AvgIpc) is 2.77. The monoisotopic (exact) mass is 431 g/mol. The van der Waals surface area contributed by atoms with Crippen molar-refractivity contribution in [3.8, 4) is 0 Å². The largest absolute Gasteiger partial charge is 0.385 e. The molecule has 1 aromatic carbocycles. The molecule has 0 bridgehead atoms. The molecular formula is C27H49N3O. The summed E-state index contributed by atoms with van der Waals surface area (Å²) in [5.74, 6) is 0.0670. The lowest BCUT2D eigenvalue weighted by atomic mass is 10.1. The third-order valence-electron chi connectivity index (χ3n) is 6.30. The van der Waals surface area contributed by atoms with E-state index in [1.54, 1.807) is 0 Å². The Morgan fingerprint density at radius 2 is 1.35 bits per heavy atom. The molecule has 0 saturated heterocycles. The third kappa shape index (κ3) is 11.6. The predicted octanol–water partition coefficient (Wildman–Crippen LogP) is 7.31. The number of carbonyl (C=O) groups is 1. The number of hydrogen-bond acceptors (Lipinski definition) is 3. The zero-order valence-corrected chi connectivity index (χ0v) is 21.1. The van der Waals surface area contributed by atoms with E-state index in [0.717, 1.165) is 42.1 Å². The van der Waals surface area contributed by atoms with Gasteiger partial charge in [0.05, 0.1) is 6.54 Å². The molecule has 0 aliphatic carbocycles. The molecule has 4 nitrogen and oxygen atoms in total. The summed E-state index contributed by atoms with van der Waals surface area (Å²) in [6.07, 6.45) is 15.0.